The Kier molecular flexibility index (Phi) is 4.83. The summed E-state index contributed by atoms with van der Waals surface area (Å²) in [7, 11) is -3.63. The van der Waals surface area contributed by atoms with Gasteiger partial charge in [0.1, 0.15) is 0 Å². The molecule has 0 aliphatic heterocycles. The van der Waals surface area contributed by atoms with Crippen molar-refractivity contribution in [1.29, 1.82) is 0 Å². The number of sulfonamides is 1. The molecular weight excluding hydrogens is 272 g/mol. The van der Waals surface area contributed by atoms with Gasteiger partial charge in [-0.2, -0.15) is 0 Å². The lowest BCUT2D eigenvalue weighted by Gasteiger charge is -2.25. The Labute approximate surface area is 121 Å². The van der Waals surface area contributed by atoms with E-state index in [1.54, 1.807) is 12.1 Å². The van der Waals surface area contributed by atoms with Crippen molar-refractivity contribution in [2.75, 3.05) is 0 Å². The summed E-state index contributed by atoms with van der Waals surface area (Å²) < 4.78 is 22.8. The first-order chi connectivity index (χ1) is 9.38. The van der Waals surface area contributed by atoms with Crippen LogP contribution in [0.3, 0.4) is 0 Å². The quantitative estimate of drug-likeness (QED) is 0.877. The van der Waals surface area contributed by atoms with E-state index >= 15 is 0 Å². The minimum absolute atomic E-state index is 0.118. The topological polar surface area (TPSA) is 72.2 Å². The number of rotatable bonds is 5. The summed E-state index contributed by atoms with van der Waals surface area (Å²) in [6.07, 6.45) is 5.23. The molecule has 0 bridgehead atoms. The molecule has 1 aliphatic carbocycles. The van der Waals surface area contributed by atoms with Crippen LogP contribution < -0.4 is 10.5 Å². The van der Waals surface area contributed by atoms with Crippen molar-refractivity contribution in [3.8, 4) is 0 Å². The molecule has 0 saturated heterocycles. The SMILES string of the molecule is CC(N[C@H](C)C1CCCC1)c1cccc(S(N)(=O)=O)c1. The molecule has 3 N–H and O–H groups in total. The molecule has 0 aromatic heterocycles. The predicted molar refractivity (Wildman–Crippen MR) is 80.8 cm³/mol. The van der Waals surface area contributed by atoms with Gasteiger partial charge in [-0.15, -0.1) is 0 Å². The van der Waals surface area contributed by atoms with Crippen LogP contribution in [0.2, 0.25) is 0 Å². The Hall–Kier alpha value is -0.910. The highest BCUT2D eigenvalue weighted by molar-refractivity contribution is 7.89. The summed E-state index contributed by atoms with van der Waals surface area (Å²) >= 11 is 0. The lowest BCUT2D eigenvalue weighted by Crippen LogP contribution is -2.34. The normalized spacial score (nSPS) is 19.9. The predicted octanol–water partition coefficient (Wildman–Crippen LogP) is 2.56. The number of nitrogens with one attached hydrogen (secondary N) is 1. The summed E-state index contributed by atoms with van der Waals surface area (Å²) in [6.45, 7) is 4.28. The zero-order chi connectivity index (χ0) is 14.8. The number of hydrogen-bond acceptors (Lipinski definition) is 3. The molecule has 5 heteroatoms. The fourth-order valence-electron chi connectivity index (χ4n) is 3.04. The number of benzene rings is 1. The Morgan fingerprint density at radius 2 is 1.90 bits per heavy atom. The van der Waals surface area contributed by atoms with Crippen LogP contribution in [0.4, 0.5) is 0 Å². The van der Waals surface area contributed by atoms with Crippen molar-refractivity contribution in [3.05, 3.63) is 29.8 Å². The van der Waals surface area contributed by atoms with E-state index in [1.165, 1.54) is 31.7 Å². The summed E-state index contributed by atoms with van der Waals surface area (Å²) in [4.78, 5) is 0.178. The van der Waals surface area contributed by atoms with Gasteiger partial charge in [-0.05, 0) is 50.3 Å². The molecule has 0 radical (unpaired) electrons. The minimum atomic E-state index is -3.63. The number of primary sulfonamides is 1. The van der Waals surface area contributed by atoms with Gasteiger partial charge in [0.25, 0.3) is 0 Å². The summed E-state index contributed by atoms with van der Waals surface area (Å²) in [6, 6.07) is 7.44. The monoisotopic (exact) mass is 296 g/mol. The molecular formula is C15H24N2O2S. The molecule has 1 aromatic carbocycles. The summed E-state index contributed by atoms with van der Waals surface area (Å²) in [5.74, 6) is 0.735. The van der Waals surface area contributed by atoms with E-state index in [0.717, 1.165) is 11.5 Å². The zero-order valence-electron chi connectivity index (χ0n) is 12.2. The van der Waals surface area contributed by atoms with Crippen LogP contribution in [-0.4, -0.2) is 14.5 Å². The van der Waals surface area contributed by atoms with Gasteiger partial charge in [-0.1, -0.05) is 25.0 Å². The van der Waals surface area contributed by atoms with Crippen molar-refractivity contribution in [1.82, 2.24) is 5.32 Å². The van der Waals surface area contributed by atoms with Gasteiger partial charge in [-0.25, -0.2) is 13.6 Å². The molecule has 1 aliphatic rings. The van der Waals surface area contributed by atoms with Crippen molar-refractivity contribution in [2.24, 2.45) is 11.1 Å². The van der Waals surface area contributed by atoms with Crippen LogP contribution >= 0.6 is 0 Å². The molecule has 2 rings (SSSR count). The van der Waals surface area contributed by atoms with Crippen molar-refractivity contribution < 1.29 is 8.42 Å². The Bertz CT molecular complexity index is 551. The molecule has 20 heavy (non-hydrogen) atoms. The molecule has 112 valence electrons. The van der Waals surface area contributed by atoms with Crippen molar-refractivity contribution >= 4 is 10.0 Å². The second-order valence-electron chi connectivity index (χ2n) is 5.84. The maximum absolute atomic E-state index is 11.4. The first-order valence-corrected chi connectivity index (χ1v) is 8.81. The molecule has 1 saturated carbocycles. The third kappa shape index (κ3) is 3.81. The highest BCUT2D eigenvalue weighted by Crippen LogP contribution is 2.29. The van der Waals surface area contributed by atoms with Crippen LogP contribution in [0.5, 0.6) is 0 Å². The summed E-state index contributed by atoms with van der Waals surface area (Å²) in [5, 5.41) is 8.76. The van der Waals surface area contributed by atoms with Gasteiger partial charge in [0.15, 0.2) is 0 Å². The third-order valence-corrected chi connectivity index (χ3v) is 5.22. The zero-order valence-corrected chi connectivity index (χ0v) is 13.0. The Balaban J connectivity index is 2.07. The maximum Gasteiger partial charge on any atom is 0.238 e. The van der Waals surface area contributed by atoms with Gasteiger partial charge in [-0.3, -0.25) is 0 Å². The van der Waals surface area contributed by atoms with Gasteiger partial charge in [0.2, 0.25) is 10.0 Å². The lowest BCUT2D eigenvalue weighted by atomic mass is 9.98. The Morgan fingerprint density at radius 3 is 2.50 bits per heavy atom. The van der Waals surface area contributed by atoms with Gasteiger partial charge in [0.05, 0.1) is 4.90 Å². The van der Waals surface area contributed by atoms with Crippen LogP contribution in [0.1, 0.15) is 51.1 Å². The number of nitrogens with two attached hydrogens (primary N) is 1. The minimum Gasteiger partial charge on any atom is -0.307 e. The highest BCUT2D eigenvalue weighted by atomic mass is 32.2. The van der Waals surface area contributed by atoms with E-state index in [2.05, 4.69) is 19.2 Å². The highest BCUT2D eigenvalue weighted by Gasteiger charge is 2.23. The maximum atomic E-state index is 11.4. The molecule has 1 aromatic rings. The van der Waals surface area contributed by atoms with E-state index in [9.17, 15) is 8.42 Å². The van der Waals surface area contributed by atoms with Gasteiger partial charge >= 0.3 is 0 Å². The van der Waals surface area contributed by atoms with Crippen LogP contribution in [0.25, 0.3) is 0 Å². The first-order valence-electron chi connectivity index (χ1n) is 7.27. The standard InChI is InChI=1S/C15H24N2O2S/c1-11(13-6-3-4-7-13)17-12(2)14-8-5-9-15(10-14)20(16,18)19/h5,8-13,17H,3-4,6-7H2,1-2H3,(H2,16,18,19)/t11-,12?/m1/s1. The van der Waals surface area contributed by atoms with Crippen LogP contribution in [-0.2, 0) is 10.0 Å². The second-order valence-corrected chi connectivity index (χ2v) is 7.40. The molecule has 1 fully saturated rings. The number of hydrogen-bond donors (Lipinski definition) is 2. The first kappa shape index (κ1) is 15.5. The van der Waals surface area contributed by atoms with Gasteiger partial charge < -0.3 is 5.32 Å². The molecule has 0 heterocycles. The largest absolute Gasteiger partial charge is 0.307 e. The molecule has 4 nitrogen and oxygen atoms in total. The average molecular weight is 296 g/mol. The van der Waals surface area contributed by atoms with Crippen molar-refractivity contribution in [3.63, 3.8) is 0 Å². The van der Waals surface area contributed by atoms with E-state index in [-0.39, 0.29) is 10.9 Å². The molecule has 1 unspecified atom stereocenters. The third-order valence-electron chi connectivity index (χ3n) is 4.31. The van der Waals surface area contributed by atoms with E-state index in [4.69, 9.17) is 5.14 Å². The fourth-order valence-corrected chi connectivity index (χ4v) is 3.61. The fraction of sp³-hybridized carbons (Fsp3) is 0.600. The Morgan fingerprint density at radius 1 is 1.25 bits per heavy atom. The smallest absolute Gasteiger partial charge is 0.238 e. The second kappa shape index (κ2) is 6.24. The van der Waals surface area contributed by atoms with Gasteiger partial charge in [0, 0.05) is 12.1 Å². The lowest BCUT2D eigenvalue weighted by molar-refractivity contribution is 0.352. The molecule has 0 amide bonds. The average Bonchev–Trinajstić information content (AvgIpc) is 2.91. The van der Waals surface area contributed by atoms with Crippen LogP contribution in [0.15, 0.2) is 29.2 Å². The summed E-state index contributed by atoms with van der Waals surface area (Å²) in [5.41, 5.74) is 0.960. The van der Waals surface area contributed by atoms with E-state index in [0.29, 0.717) is 6.04 Å². The van der Waals surface area contributed by atoms with E-state index < -0.39 is 10.0 Å². The van der Waals surface area contributed by atoms with Crippen LogP contribution in [0, 0.1) is 5.92 Å². The molecule has 2 atom stereocenters. The molecule has 0 spiro atoms. The van der Waals surface area contributed by atoms with E-state index in [1.807, 2.05) is 6.07 Å². The van der Waals surface area contributed by atoms with Crippen molar-refractivity contribution in [2.45, 2.75) is 56.5 Å².